The molecule has 0 aliphatic carbocycles. The van der Waals surface area contributed by atoms with Crippen molar-refractivity contribution >= 4 is 17.9 Å². The van der Waals surface area contributed by atoms with E-state index in [4.69, 9.17) is 14.2 Å². The summed E-state index contributed by atoms with van der Waals surface area (Å²) in [6.07, 6.45) is 51.7. The maximum Gasteiger partial charge on any atom is 0.306 e. The number of hydrogen-bond acceptors (Lipinski definition) is 7. The van der Waals surface area contributed by atoms with Crippen molar-refractivity contribution in [2.45, 2.75) is 174 Å². The highest BCUT2D eigenvalue weighted by molar-refractivity contribution is 5.70. The smallest absolute Gasteiger partial charge is 0.306 e. The number of hydrogen-bond donors (Lipinski definition) is 0. The van der Waals surface area contributed by atoms with E-state index < -0.39 is 18.1 Å². The van der Waals surface area contributed by atoms with E-state index >= 15 is 0 Å². The van der Waals surface area contributed by atoms with Crippen LogP contribution < -0.4 is 5.11 Å². The first-order chi connectivity index (χ1) is 28.1. The Morgan fingerprint density at radius 1 is 0.534 bits per heavy atom. The van der Waals surface area contributed by atoms with Gasteiger partial charge in [-0.1, -0.05) is 170 Å². The first-order valence-corrected chi connectivity index (χ1v) is 22.7. The summed E-state index contributed by atoms with van der Waals surface area (Å²) in [6.45, 7) is 4.45. The third kappa shape index (κ3) is 38.1. The van der Waals surface area contributed by atoms with E-state index in [1.165, 1.54) is 77.0 Å². The van der Waals surface area contributed by atoms with Gasteiger partial charge in [0.15, 0.2) is 6.10 Å². The molecular weight excluding hydrogens is 727 g/mol. The molecule has 330 valence electrons. The molecule has 8 nitrogen and oxygen atoms in total. The molecule has 0 fully saturated rings. The first kappa shape index (κ1) is 54.5. The van der Waals surface area contributed by atoms with Crippen molar-refractivity contribution in [1.29, 1.82) is 0 Å². The molecule has 58 heavy (non-hydrogen) atoms. The van der Waals surface area contributed by atoms with Crippen molar-refractivity contribution in [3.05, 3.63) is 85.1 Å². The Hall–Kier alpha value is -3.49. The van der Waals surface area contributed by atoms with Crippen LogP contribution in [-0.4, -0.2) is 75.5 Å². The lowest BCUT2D eigenvalue weighted by Gasteiger charge is -2.34. The number of likely N-dealkylation sites (N-methyl/N-ethyl adjacent to an activating group) is 1. The average molecular weight is 810 g/mol. The van der Waals surface area contributed by atoms with E-state index in [1.807, 2.05) is 60.8 Å². The van der Waals surface area contributed by atoms with Crippen molar-refractivity contribution < 1.29 is 38.2 Å². The van der Waals surface area contributed by atoms with E-state index in [2.05, 4.69) is 38.2 Å². The lowest BCUT2D eigenvalue weighted by Crippen LogP contribution is -2.55. The van der Waals surface area contributed by atoms with E-state index in [1.54, 1.807) is 21.1 Å². The van der Waals surface area contributed by atoms with Gasteiger partial charge in [0.2, 0.25) is 0 Å². The molecule has 0 rings (SSSR count). The van der Waals surface area contributed by atoms with Crippen LogP contribution in [0.3, 0.4) is 0 Å². The van der Waals surface area contributed by atoms with Gasteiger partial charge in [0, 0.05) is 19.3 Å². The molecule has 0 saturated heterocycles. The molecule has 0 aliphatic heterocycles. The highest BCUT2D eigenvalue weighted by Crippen LogP contribution is 2.13. The van der Waals surface area contributed by atoms with Crippen molar-refractivity contribution in [1.82, 2.24) is 0 Å². The van der Waals surface area contributed by atoms with Gasteiger partial charge < -0.3 is 28.6 Å². The first-order valence-electron chi connectivity index (χ1n) is 22.7. The zero-order valence-electron chi connectivity index (χ0n) is 37.4. The summed E-state index contributed by atoms with van der Waals surface area (Å²) in [6, 6.07) is -0.738. The second kappa shape index (κ2) is 40.3. The fourth-order valence-corrected chi connectivity index (χ4v) is 6.15. The lowest BCUT2D eigenvalue weighted by atomic mass is 10.1. The second-order valence-corrected chi connectivity index (χ2v) is 16.1. The van der Waals surface area contributed by atoms with Gasteiger partial charge in [-0.05, 0) is 57.8 Å². The van der Waals surface area contributed by atoms with Crippen LogP contribution in [0.5, 0.6) is 0 Å². The Balaban J connectivity index is 4.44. The van der Waals surface area contributed by atoms with Crippen molar-refractivity contribution in [3.63, 3.8) is 0 Å². The molecule has 0 radical (unpaired) electrons. The summed E-state index contributed by atoms with van der Waals surface area (Å²) in [4.78, 5) is 36.9. The molecule has 0 heterocycles. The van der Waals surface area contributed by atoms with Crippen LogP contribution in [0.4, 0.5) is 0 Å². The predicted molar refractivity (Wildman–Crippen MR) is 240 cm³/mol. The molecule has 0 amide bonds. The van der Waals surface area contributed by atoms with E-state index in [-0.39, 0.29) is 42.7 Å². The SMILES string of the molecule is CC/C=C/C=C/C=C/C=C/C=C/C=C/CCCCCC(=O)OCC(COCCC(C(=O)[O-])[N+](C)(C)C)OC(=O)CCCCCCCCC/C=C/CCCCCCCC. The molecule has 0 aromatic carbocycles. The molecule has 0 spiro atoms. The normalized spacial score (nSPS) is 13.7. The van der Waals surface area contributed by atoms with Gasteiger partial charge in [0.05, 0.1) is 40.3 Å². The Morgan fingerprint density at radius 3 is 1.50 bits per heavy atom. The standard InChI is InChI=1S/C50H83NO7/c1-6-8-10-12-14-16-18-20-22-24-26-28-30-32-34-36-38-40-48(52)57-45-46(44-56-43-42-47(50(54)55)51(3,4)5)58-49(53)41-39-37-35-33-31-29-27-25-23-21-19-17-15-13-11-9-7-2/h8,10,12,14,16,18,20-24,26,28,30,46-47H,6-7,9,11,13,15,17,19,25,27,29,31-45H2,1-5H3/b10-8+,14-12+,18-16+,22-20+,23-21+,26-24+,30-28+. The second-order valence-electron chi connectivity index (χ2n) is 16.1. The Morgan fingerprint density at radius 2 is 0.983 bits per heavy atom. The van der Waals surface area contributed by atoms with E-state index in [9.17, 15) is 19.5 Å². The highest BCUT2D eigenvalue weighted by Gasteiger charge is 2.25. The number of carboxylic acids is 1. The van der Waals surface area contributed by atoms with Crippen LogP contribution in [-0.2, 0) is 28.6 Å². The molecule has 0 N–H and O–H groups in total. The lowest BCUT2D eigenvalue weighted by molar-refractivity contribution is -0.889. The monoisotopic (exact) mass is 810 g/mol. The maximum atomic E-state index is 12.7. The van der Waals surface area contributed by atoms with Crippen molar-refractivity contribution in [2.75, 3.05) is 41.0 Å². The molecule has 2 unspecified atom stereocenters. The van der Waals surface area contributed by atoms with Crippen LogP contribution in [0, 0.1) is 0 Å². The number of carboxylic acid groups (broad SMARTS) is 1. The number of ether oxygens (including phenoxy) is 3. The maximum absolute atomic E-state index is 12.7. The minimum absolute atomic E-state index is 0.0196. The quantitative estimate of drug-likeness (QED) is 0.0200. The van der Waals surface area contributed by atoms with E-state index in [0.717, 1.165) is 44.9 Å². The van der Waals surface area contributed by atoms with E-state index in [0.29, 0.717) is 19.3 Å². The molecule has 0 aromatic heterocycles. The van der Waals surface area contributed by atoms with Gasteiger partial charge in [-0.2, -0.15) is 0 Å². The average Bonchev–Trinajstić information content (AvgIpc) is 3.18. The van der Waals surface area contributed by atoms with Crippen molar-refractivity contribution in [2.24, 2.45) is 0 Å². The Labute approximate surface area is 354 Å². The van der Waals surface area contributed by atoms with Crippen LogP contribution in [0.25, 0.3) is 0 Å². The van der Waals surface area contributed by atoms with Crippen molar-refractivity contribution in [3.8, 4) is 0 Å². The molecule has 8 heteroatoms. The zero-order chi connectivity index (χ0) is 42.8. The summed E-state index contributed by atoms with van der Waals surface area (Å²) in [7, 11) is 5.38. The molecule has 0 bridgehead atoms. The fourth-order valence-electron chi connectivity index (χ4n) is 6.15. The van der Waals surface area contributed by atoms with Crippen LogP contribution >= 0.6 is 0 Å². The molecule has 0 aliphatic rings. The Bertz CT molecular complexity index is 1220. The number of rotatable bonds is 39. The highest BCUT2D eigenvalue weighted by atomic mass is 16.6. The number of allylic oxidation sites excluding steroid dienone is 14. The third-order valence-electron chi connectivity index (χ3n) is 9.68. The summed E-state index contributed by atoms with van der Waals surface area (Å²) in [5, 5.41) is 11.6. The summed E-state index contributed by atoms with van der Waals surface area (Å²) < 4.78 is 17.1. The van der Waals surface area contributed by atoms with Gasteiger partial charge in [-0.25, -0.2) is 0 Å². The minimum Gasteiger partial charge on any atom is -0.544 e. The van der Waals surface area contributed by atoms with Gasteiger partial charge in [0.1, 0.15) is 12.6 Å². The number of unbranched alkanes of at least 4 members (excludes halogenated alkanes) is 16. The number of quaternary nitrogens is 1. The number of carbonyl (C=O) groups is 3. The molecule has 0 aromatic rings. The number of esters is 2. The van der Waals surface area contributed by atoms with Gasteiger partial charge in [-0.3, -0.25) is 9.59 Å². The third-order valence-corrected chi connectivity index (χ3v) is 9.68. The van der Waals surface area contributed by atoms with Crippen LogP contribution in [0.2, 0.25) is 0 Å². The molecule has 2 atom stereocenters. The summed E-state index contributed by atoms with van der Waals surface area (Å²) >= 11 is 0. The molecule has 0 saturated carbocycles. The number of aliphatic carboxylic acids is 1. The summed E-state index contributed by atoms with van der Waals surface area (Å²) in [5.74, 6) is -1.81. The number of carbonyl (C=O) groups excluding carboxylic acids is 3. The fraction of sp³-hybridized carbons (Fsp3) is 0.660. The topological polar surface area (TPSA) is 102 Å². The zero-order valence-corrected chi connectivity index (χ0v) is 37.4. The largest absolute Gasteiger partial charge is 0.544 e. The molecular formula is C50H83NO7. The van der Waals surface area contributed by atoms with Gasteiger partial charge in [0.25, 0.3) is 0 Å². The predicted octanol–water partition coefficient (Wildman–Crippen LogP) is 11.2. The van der Waals surface area contributed by atoms with Gasteiger partial charge in [-0.15, -0.1) is 0 Å². The summed E-state index contributed by atoms with van der Waals surface area (Å²) in [5.41, 5.74) is 0. The van der Waals surface area contributed by atoms with Crippen LogP contribution in [0.15, 0.2) is 85.1 Å². The number of nitrogens with zero attached hydrogens (tertiary/aromatic N) is 1. The van der Waals surface area contributed by atoms with Crippen LogP contribution in [0.1, 0.15) is 162 Å². The minimum atomic E-state index is -1.14. The Kier molecular flexibility index (Phi) is 37.9. The van der Waals surface area contributed by atoms with Gasteiger partial charge >= 0.3 is 11.9 Å².